The summed E-state index contributed by atoms with van der Waals surface area (Å²) in [6, 6.07) is 2.02. The Morgan fingerprint density at radius 3 is 2.60 bits per heavy atom. The Bertz CT molecular complexity index is 779. The van der Waals surface area contributed by atoms with Crippen LogP contribution in [0.4, 0.5) is 0 Å². The van der Waals surface area contributed by atoms with Gasteiger partial charge in [0, 0.05) is 24.2 Å². The van der Waals surface area contributed by atoms with E-state index in [4.69, 9.17) is 11.6 Å². The second kappa shape index (κ2) is 7.67. The molecule has 1 unspecified atom stereocenters. The Balaban J connectivity index is 2.46. The summed E-state index contributed by atoms with van der Waals surface area (Å²) >= 11 is 0. The van der Waals surface area contributed by atoms with Crippen LogP contribution in [-0.4, -0.2) is 25.8 Å². The molecule has 0 fully saturated rings. The van der Waals surface area contributed by atoms with Crippen LogP contribution in [-0.2, 0) is 11.3 Å². The minimum Gasteiger partial charge on any atom is -0.395 e. The summed E-state index contributed by atoms with van der Waals surface area (Å²) in [5, 5.41) is 11.9. The highest BCUT2D eigenvalue weighted by molar-refractivity contribution is 5.71. The zero-order chi connectivity index (χ0) is 18.7. The van der Waals surface area contributed by atoms with Crippen LogP contribution in [0.1, 0.15) is 56.5 Å². The molecule has 2 heterocycles. The molecule has 2 aromatic heterocycles. The van der Waals surface area contributed by atoms with Crippen molar-refractivity contribution in [2.75, 3.05) is 0 Å². The molecule has 25 heavy (non-hydrogen) atoms. The third kappa shape index (κ3) is 4.37. The number of nitrogens with two attached hydrogens (primary N) is 2. The molecule has 0 spiro atoms. The number of hydrogen-bond donors (Lipinski definition) is 3. The van der Waals surface area contributed by atoms with Gasteiger partial charge in [-0.3, -0.25) is 4.79 Å². The first kappa shape index (κ1) is 19.0. The van der Waals surface area contributed by atoms with Crippen LogP contribution in [0.25, 0.3) is 5.65 Å². The summed E-state index contributed by atoms with van der Waals surface area (Å²) in [5.41, 5.74) is 8.87. The molecule has 0 aliphatic carbocycles. The number of nitrogens with zero attached hydrogens (tertiary/aromatic N) is 3. The molecular formula is C18H27N5O2. The Kier molecular flexibility index (Phi) is 5.81. The number of hydrazine groups is 1. The zero-order valence-electron chi connectivity index (χ0n) is 15.2. The van der Waals surface area contributed by atoms with Crippen molar-refractivity contribution in [3.05, 3.63) is 47.2 Å². The molecule has 0 aliphatic heterocycles. The summed E-state index contributed by atoms with van der Waals surface area (Å²) < 4.78 is 1.92. The maximum Gasteiger partial charge on any atom is 0.167 e. The maximum absolute atomic E-state index is 10.6. The van der Waals surface area contributed by atoms with Crippen molar-refractivity contribution in [1.82, 2.24) is 14.4 Å². The SMILES string of the molecule is CC(C)c1cc(C(O)C(C)C)c2nc(CN(N)/C=C(\N)C=O)cn2c1. The molecule has 0 amide bonds. The largest absolute Gasteiger partial charge is 0.395 e. The third-order valence-electron chi connectivity index (χ3n) is 4.06. The highest BCUT2D eigenvalue weighted by Gasteiger charge is 2.19. The fraction of sp³-hybridized carbons (Fsp3) is 0.444. The molecule has 5 N–H and O–H groups in total. The van der Waals surface area contributed by atoms with E-state index in [-0.39, 0.29) is 11.6 Å². The number of aliphatic hydroxyl groups is 1. The van der Waals surface area contributed by atoms with E-state index in [2.05, 4.69) is 18.8 Å². The summed E-state index contributed by atoms with van der Waals surface area (Å²) in [4.78, 5) is 15.2. The smallest absolute Gasteiger partial charge is 0.167 e. The van der Waals surface area contributed by atoms with Crippen LogP contribution in [0.2, 0.25) is 0 Å². The Labute approximate surface area is 147 Å². The lowest BCUT2D eigenvalue weighted by atomic mass is 9.96. The number of hydrogen-bond acceptors (Lipinski definition) is 6. The highest BCUT2D eigenvalue weighted by atomic mass is 16.3. The van der Waals surface area contributed by atoms with Crippen LogP contribution in [0.5, 0.6) is 0 Å². The fourth-order valence-electron chi connectivity index (χ4n) is 2.62. The summed E-state index contributed by atoms with van der Waals surface area (Å²) in [5.74, 6) is 6.25. The lowest BCUT2D eigenvalue weighted by molar-refractivity contribution is -0.105. The molecule has 136 valence electrons. The van der Waals surface area contributed by atoms with E-state index in [1.54, 1.807) is 0 Å². The van der Waals surface area contributed by atoms with Crippen molar-refractivity contribution in [1.29, 1.82) is 0 Å². The number of aromatic nitrogens is 2. The van der Waals surface area contributed by atoms with Crippen molar-refractivity contribution >= 4 is 11.9 Å². The quantitative estimate of drug-likeness (QED) is 0.306. The van der Waals surface area contributed by atoms with E-state index in [0.29, 0.717) is 24.4 Å². The van der Waals surface area contributed by atoms with Crippen molar-refractivity contribution in [2.45, 2.75) is 46.3 Å². The molecule has 0 saturated carbocycles. The summed E-state index contributed by atoms with van der Waals surface area (Å²) in [6.45, 7) is 8.46. The normalized spacial score (nSPS) is 13.7. The molecule has 7 nitrogen and oxygen atoms in total. The second-order valence-corrected chi connectivity index (χ2v) is 6.95. The molecule has 0 bridgehead atoms. The van der Waals surface area contributed by atoms with E-state index in [9.17, 15) is 9.90 Å². The van der Waals surface area contributed by atoms with Crippen LogP contribution in [0.15, 0.2) is 30.4 Å². The molecule has 0 saturated heterocycles. The van der Waals surface area contributed by atoms with Crippen molar-refractivity contribution in [3.63, 3.8) is 0 Å². The lowest BCUT2D eigenvalue weighted by Gasteiger charge is -2.18. The summed E-state index contributed by atoms with van der Waals surface area (Å²) in [7, 11) is 0. The van der Waals surface area contributed by atoms with Gasteiger partial charge in [0.15, 0.2) is 6.29 Å². The summed E-state index contributed by atoms with van der Waals surface area (Å²) in [6.07, 6.45) is 5.19. The molecule has 7 heteroatoms. The predicted octanol–water partition coefficient (Wildman–Crippen LogP) is 1.82. The lowest BCUT2D eigenvalue weighted by Crippen LogP contribution is -2.26. The standard InChI is InChI=1S/C18H27N5O2/c1-11(2)13-5-16(17(25)12(3)4)18-21-15(8-22(18)6-13)9-23(20)7-14(19)10-24/h5-8,10-12,17,25H,9,19-20H2,1-4H3/b14-7-. The van der Waals surface area contributed by atoms with Crippen LogP contribution in [0, 0.1) is 5.92 Å². The van der Waals surface area contributed by atoms with Crippen LogP contribution >= 0.6 is 0 Å². The average molecular weight is 345 g/mol. The van der Waals surface area contributed by atoms with Gasteiger partial charge in [0.2, 0.25) is 0 Å². The van der Waals surface area contributed by atoms with Crippen LogP contribution < -0.4 is 11.6 Å². The number of aldehydes is 1. The number of imidazole rings is 1. The monoisotopic (exact) mass is 345 g/mol. The fourth-order valence-corrected chi connectivity index (χ4v) is 2.62. The minimum absolute atomic E-state index is 0.0456. The first-order chi connectivity index (χ1) is 11.7. The first-order valence-electron chi connectivity index (χ1n) is 8.36. The van der Waals surface area contributed by atoms with E-state index < -0.39 is 6.10 Å². The molecule has 0 aromatic carbocycles. The second-order valence-electron chi connectivity index (χ2n) is 6.95. The molecule has 2 aromatic rings. The third-order valence-corrected chi connectivity index (χ3v) is 4.06. The first-order valence-corrected chi connectivity index (χ1v) is 8.36. The van der Waals surface area contributed by atoms with Gasteiger partial charge in [0.25, 0.3) is 0 Å². The predicted molar refractivity (Wildman–Crippen MR) is 97.1 cm³/mol. The Morgan fingerprint density at radius 1 is 1.36 bits per heavy atom. The molecule has 0 aliphatic rings. The van der Waals surface area contributed by atoms with Gasteiger partial charge in [-0.15, -0.1) is 0 Å². The van der Waals surface area contributed by atoms with Gasteiger partial charge in [-0.1, -0.05) is 27.7 Å². The van der Waals surface area contributed by atoms with Crippen LogP contribution in [0.3, 0.4) is 0 Å². The highest BCUT2D eigenvalue weighted by Crippen LogP contribution is 2.28. The Morgan fingerprint density at radius 2 is 2.04 bits per heavy atom. The molecule has 2 rings (SSSR count). The average Bonchev–Trinajstić information content (AvgIpc) is 2.94. The number of carbonyl (C=O) groups is 1. The van der Waals surface area contributed by atoms with Gasteiger partial charge in [-0.05, 0) is 23.5 Å². The topological polar surface area (TPSA) is 110 Å². The number of allylic oxidation sites excluding steroid dienone is 1. The van der Waals surface area contributed by atoms with Crippen molar-refractivity contribution in [3.8, 4) is 0 Å². The molecule has 0 radical (unpaired) electrons. The molecular weight excluding hydrogens is 318 g/mol. The number of fused-ring (bicyclic) bond motifs is 1. The van der Waals surface area contributed by atoms with E-state index in [1.165, 1.54) is 11.2 Å². The van der Waals surface area contributed by atoms with E-state index in [0.717, 1.165) is 16.8 Å². The van der Waals surface area contributed by atoms with Crippen molar-refractivity contribution in [2.24, 2.45) is 17.5 Å². The van der Waals surface area contributed by atoms with Gasteiger partial charge in [0.05, 0.1) is 24.0 Å². The number of carbonyl (C=O) groups excluding carboxylic acids is 1. The van der Waals surface area contributed by atoms with Gasteiger partial charge < -0.3 is 20.2 Å². The van der Waals surface area contributed by atoms with E-state index >= 15 is 0 Å². The maximum atomic E-state index is 10.6. The van der Waals surface area contributed by atoms with E-state index in [1.807, 2.05) is 36.7 Å². The number of rotatable bonds is 7. The molecule has 1 atom stereocenters. The van der Waals surface area contributed by atoms with Gasteiger partial charge >= 0.3 is 0 Å². The number of pyridine rings is 1. The number of aliphatic hydroxyl groups excluding tert-OH is 1. The van der Waals surface area contributed by atoms with Gasteiger partial charge in [-0.25, -0.2) is 10.8 Å². The minimum atomic E-state index is -0.601. The van der Waals surface area contributed by atoms with Crippen molar-refractivity contribution < 1.29 is 9.90 Å². The van der Waals surface area contributed by atoms with Gasteiger partial charge in [-0.2, -0.15) is 0 Å². The Hall–Kier alpha value is -2.38. The zero-order valence-corrected chi connectivity index (χ0v) is 15.2. The van der Waals surface area contributed by atoms with Gasteiger partial charge in [0.1, 0.15) is 5.65 Å².